The lowest BCUT2D eigenvalue weighted by molar-refractivity contribution is -0.143. The SMILES string of the molecule is O=C(O)C1CCN(C(Cc2ccccn2)c2cccc(C(F)(F)F)c2)CC1. The molecule has 7 heteroatoms. The highest BCUT2D eigenvalue weighted by Crippen LogP contribution is 2.34. The molecule has 1 aliphatic rings. The van der Waals surface area contributed by atoms with Crippen LogP contribution >= 0.6 is 0 Å². The van der Waals surface area contributed by atoms with Gasteiger partial charge in [-0.2, -0.15) is 13.2 Å². The molecule has 0 radical (unpaired) electrons. The van der Waals surface area contributed by atoms with Gasteiger partial charge in [0, 0.05) is 24.4 Å². The topological polar surface area (TPSA) is 53.4 Å². The molecule has 1 fully saturated rings. The molecule has 1 aromatic heterocycles. The molecule has 27 heavy (non-hydrogen) atoms. The highest BCUT2D eigenvalue weighted by molar-refractivity contribution is 5.70. The normalized spacial score (nSPS) is 17.6. The fourth-order valence-electron chi connectivity index (χ4n) is 3.56. The van der Waals surface area contributed by atoms with Crippen LogP contribution in [0.2, 0.25) is 0 Å². The van der Waals surface area contributed by atoms with Crippen molar-refractivity contribution in [1.29, 1.82) is 0 Å². The third kappa shape index (κ3) is 4.86. The third-order valence-corrected chi connectivity index (χ3v) is 5.05. The number of carboxylic acid groups (broad SMARTS) is 1. The van der Waals surface area contributed by atoms with Crippen molar-refractivity contribution >= 4 is 5.97 Å². The van der Waals surface area contributed by atoms with Crippen LogP contribution in [0.4, 0.5) is 13.2 Å². The van der Waals surface area contributed by atoms with E-state index < -0.39 is 23.6 Å². The van der Waals surface area contributed by atoms with Crippen molar-refractivity contribution in [2.24, 2.45) is 5.92 Å². The van der Waals surface area contributed by atoms with Crippen LogP contribution in [-0.4, -0.2) is 34.0 Å². The molecule has 1 aliphatic heterocycles. The van der Waals surface area contributed by atoms with E-state index in [1.165, 1.54) is 12.1 Å². The monoisotopic (exact) mass is 378 g/mol. The molecule has 1 aromatic carbocycles. The zero-order valence-corrected chi connectivity index (χ0v) is 14.7. The van der Waals surface area contributed by atoms with Gasteiger partial charge in [0.15, 0.2) is 0 Å². The molecule has 1 saturated heterocycles. The van der Waals surface area contributed by atoms with Gasteiger partial charge in [-0.15, -0.1) is 0 Å². The number of carboxylic acids is 1. The molecule has 0 spiro atoms. The van der Waals surface area contributed by atoms with E-state index in [0.29, 0.717) is 37.9 Å². The van der Waals surface area contributed by atoms with Gasteiger partial charge in [-0.05, 0) is 55.8 Å². The number of aromatic nitrogens is 1. The summed E-state index contributed by atoms with van der Waals surface area (Å²) in [6.07, 6.45) is -1.28. The quantitative estimate of drug-likeness (QED) is 0.848. The molecule has 2 aromatic rings. The maximum Gasteiger partial charge on any atom is 0.416 e. The Morgan fingerprint density at radius 3 is 2.52 bits per heavy atom. The van der Waals surface area contributed by atoms with Crippen LogP contribution in [0, 0.1) is 5.92 Å². The minimum atomic E-state index is -4.40. The summed E-state index contributed by atoms with van der Waals surface area (Å²) in [6, 6.07) is 10.6. The molecule has 0 aliphatic carbocycles. The summed E-state index contributed by atoms with van der Waals surface area (Å²) in [4.78, 5) is 17.6. The first-order valence-electron chi connectivity index (χ1n) is 8.88. The molecule has 1 N–H and O–H groups in total. The molecule has 0 bridgehead atoms. The molecule has 0 saturated carbocycles. The molecule has 1 atom stereocenters. The predicted octanol–water partition coefficient (Wildman–Crippen LogP) is 4.18. The van der Waals surface area contributed by atoms with E-state index in [0.717, 1.165) is 11.8 Å². The zero-order chi connectivity index (χ0) is 19.4. The Morgan fingerprint density at radius 2 is 1.93 bits per heavy atom. The number of carbonyl (C=O) groups is 1. The first-order chi connectivity index (χ1) is 12.8. The number of likely N-dealkylation sites (tertiary alicyclic amines) is 1. The fourth-order valence-corrected chi connectivity index (χ4v) is 3.56. The van der Waals surface area contributed by atoms with Crippen LogP contribution in [0.3, 0.4) is 0 Å². The van der Waals surface area contributed by atoms with E-state index in [1.54, 1.807) is 18.3 Å². The molecule has 4 nitrogen and oxygen atoms in total. The average molecular weight is 378 g/mol. The summed E-state index contributed by atoms with van der Waals surface area (Å²) < 4.78 is 39.4. The number of benzene rings is 1. The second-order valence-corrected chi connectivity index (χ2v) is 6.81. The number of nitrogens with zero attached hydrogens (tertiary/aromatic N) is 2. The standard InChI is InChI=1S/C20H21F3N2O2/c21-20(22,23)16-5-3-4-15(12-16)18(13-17-6-1-2-9-24-17)25-10-7-14(8-11-25)19(26)27/h1-6,9,12,14,18H,7-8,10-11,13H2,(H,26,27). The molecule has 0 amide bonds. The molecule has 144 valence electrons. The van der Waals surface area contributed by atoms with Gasteiger partial charge in [-0.25, -0.2) is 0 Å². The molecule has 2 heterocycles. The molecule has 1 unspecified atom stereocenters. The number of piperidine rings is 1. The fraction of sp³-hybridized carbons (Fsp3) is 0.400. The van der Waals surface area contributed by atoms with Crippen molar-refractivity contribution < 1.29 is 23.1 Å². The van der Waals surface area contributed by atoms with E-state index >= 15 is 0 Å². The van der Waals surface area contributed by atoms with Crippen molar-refractivity contribution in [3.05, 3.63) is 65.5 Å². The number of halogens is 3. The van der Waals surface area contributed by atoms with Crippen molar-refractivity contribution in [3.8, 4) is 0 Å². The number of hydrogen-bond acceptors (Lipinski definition) is 3. The Balaban J connectivity index is 1.88. The Morgan fingerprint density at radius 1 is 1.19 bits per heavy atom. The van der Waals surface area contributed by atoms with E-state index in [4.69, 9.17) is 0 Å². The smallest absolute Gasteiger partial charge is 0.416 e. The maximum atomic E-state index is 13.1. The number of rotatable bonds is 5. The predicted molar refractivity (Wildman–Crippen MR) is 94.1 cm³/mol. The number of aliphatic carboxylic acids is 1. The second-order valence-electron chi connectivity index (χ2n) is 6.81. The number of alkyl halides is 3. The second kappa shape index (κ2) is 8.08. The van der Waals surface area contributed by atoms with Gasteiger partial charge >= 0.3 is 12.1 Å². The highest BCUT2D eigenvalue weighted by Gasteiger charge is 2.33. The van der Waals surface area contributed by atoms with Crippen molar-refractivity contribution in [1.82, 2.24) is 9.88 Å². The Bertz CT molecular complexity index is 772. The summed E-state index contributed by atoms with van der Waals surface area (Å²) in [5.41, 5.74) is 0.691. The lowest BCUT2D eigenvalue weighted by Crippen LogP contribution is -2.39. The summed E-state index contributed by atoms with van der Waals surface area (Å²) in [5, 5.41) is 9.19. The first-order valence-corrected chi connectivity index (χ1v) is 8.88. The van der Waals surface area contributed by atoms with Crippen LogP contribution in [0.15, 0.2) is 48.7 Å². The average Bonchev–Trinajstić information content (AvgIpc) is 2.66. The van der Waals surface area contributed by atoms with Crippen molar-refractivity contribution in [3.63, 3.8) is 0 Å². The van der Waals surface area contributed by atoms with E-state index in [9.17, 15) is 23.1 Å². The van der Waals surface area contributed by atoms with Crippen LogP contribution in [0.1, 0.15) is 35.7 Å². The van der Waals surface area contributed by atoms with E-state index in [2.05, 4.69) is 9.88 Å². The Labute approximate surface area is 155 Å². The molecule has 3 rings (SSSR count). The highest BCUT2D eigenvalue weighted by atomic mass is 19.4. The van der Waals surface area contributed by atoms with Crippen LogP contribution in [-0.2, 0) is 17.4 Å². The summed E-state index contributed by atoms with van der Waals surface area (Å²) in [6.45, 7) is 1.06. The molecular weight excluding hydrogens is 357 g/mol. The zero-order valence-electron chi connectivity index (χ0n) is 14.7. The van der Waals surface area contributed by atoms with Crippen LogP contribution in [0.25, 0.3) is 0 Å². The van der Waals surface area contributed by atoms with E-state index in [1.807, 2.05) is 12.1 Å². The minimum Gasteiger partial charge on any atom is -0.481 e. The maximum absolute atomic E-state index is 13.1. The van der Waals surface area contributed by atoms with Gasteiger partial charge in [0.2, 0.25) is 0 Å². The minimum absolute atomic E-state index is 0.281. The number of pyridine rings is 1. The first kappa shape index (κ1) is 19.4. The largest absolute Gasteiger partial charge is 0.481 e. The third-order valence-electron chi connectivity index (χ3n) is 5.05. The Hall–Kier alpha value is -2.41. The lowest BCUT2D eigenvalue weighted by atomic mass is 9.92. The summed E-state index contributed by atoms with van der Waals surface area (Å²) in [7, 11) is 0. The lowest BCUT2D eigenvalue weighted by Gasteiger charge is -2.37. The van der Waals surface area contributed by atoms with Crippen LogP contribution < -0.4 is 0 Å². The summed E-state index contributed by atoms with van der Waals surface area (Å²) >= 11 is 0. The van der Waals surface area contributed by atoms with Gasteiger partial charge in [-0.1, -0.05) is 18.2 Å². The van der Waals surface area contributed by atoms with Crippen LogP contribution in [0.5, 0.6) is 0 Å². The van der Waals surface area contributed by atoms with Gasteiger partial charge < -0.3 is 5.11 Å². The van der Waals surface area contributed by atoms with Crippen molar-refractivity contribution in [2.45, 2.75) is 31.5 Å². The summed E-state index contributed by atoms with van der Waals surface area (Å²) in [5.74, 6) is -1.20. The van der Waals surface area contributed by atoms with Gasteiger partial charge in [-0.3, -0.25) is 14.7 Å². The molecular formula is C20H21F3N2O2. The number of hydrogen-bond donors (Lipinski definition) is 1. The van der Waals surface area contributed by atoms with Gasteiger partial charge in [0.1, 0.15) is 0 Å². The van der Waals surface area contributed by atoms with Crippen molar-refractivity contribution in [2.75, 3.05) is 13.1 Å². The Kier molecular flexibility index (Phi) is 5.79. The van der Waals surface area contributed by atoms with E-state index in [-0.39, 0.29) is 6.04 Å². The van der Waals surface area contributed by atoms with Gasteiger partial charge in [0.25, 0.3) is 0 Å². The van der Waals surface area contributed by atoms with Gasteiger partial charge in [0.05, 0.1) is 11.5 Å².